The topological polar surface area (TPSA) is 82.6 Å². The molecule has 1 aliphatic rings. The standard InChI is InChI=1S/C15H24N4O2S/c1-4-16-15(18-14-9-11(14)2)17-10-12-7-5-6-8-13(12)19-22(3,20)21/h5-8,11,14,19H,4,9-10H2,1-3H3,(H2,16,17,18). The van der Waals surface area contributed by atoms with Gasteiger partial charge in [0.05, 0.1) is 18.5 Å². The van der Waals surface area contributed by atoms with Crippen LogP contribution in [-0.2, 0) is 16.6 Å². The van der Waals surface area contributed by atoms with Crippen molar-refractivity contribution in [3.05, 3.63) is 29.8 Å². The van der Waals surface area contributed by atoms with Crippen molar-refractivity contribution in [3.63, 3.8) is 0 Å². The van der Waals surface area contributed by atoms with E-state index in [1.165, 1.54) is 0 Å². The average molecular weight is 324 g/mol. The van der Waals surface area contributed by atoms with Gasteiger partial charge in [-0.3, -0.25) is 4.72 Å². The van der Waals surface area contributed by atoms with Crippen LogP contribution in [0.5, 0.6) is 0 Å². The van der Waals surface area contributed by atoms with E-state index in [0.717, 1.165) is 30.7 Å². The van der Waals surface area contributed by atoms with Crippen LogP contribution in [0, 0.1) is 5.92 Å². The number of hydrogen-bond acceptors (Lipinski definition) is 3. The van der Waals surface area contributed by atoms with Gasteiger partial charge in [-0.05, 0) is 30.9 Å². The molecule has 0 radical (unpaired) electrons. The van der Waals surface area contributed by atoms with Crippen molar-refractivity contribution in [1.29, 1.82) is 0 Å². The average Bonchev–Trinajstić information content (AvgIpc) is 3.11. The molecular formula is C15H24N4O2S. The molecule has 2 unspecified atom stereocenters. The third-order valence-corrected chi connectivity index (χ3v) is 4.09. The maximum absolute atomic E-state index is 11.4. The summed E-state index contributed by atoms with van der Waals surface area (Å²) >= 11 is 0. The first-order valence-electron chi connectivity index (χ1n) is 7.49. The maximum Gasteiger partial charge on any atom is 0.229 e. The van der Waals surface area contributed by atoms with Crippen LogP contribution in [-0.4, -0.2) is 33.2 Å². The molecule has 0 heterocycles. The van der Waals surface area contributed by atoms with E-state index in [4.69, 9.17) is 0 Å². The highest BCUT2D eigenvalue weighted by molar-refractivity contribution is 7.92. The number of benzene rings is 1. The van der Waals surface area contributed by atoms with Gasteiger partial charge in [-0.1, -0.05) is 25.1 Å². The molecule has 7 heteroatoms. The summed E-state index contributed by atoms with van der Waals surface area (Å²) in [5.41, 5.74) is 1.42. The second kappa shape index (κ2) is 7.00. The Morgan fingerprint density at radius 2 is 2.05 bits per heavy atom. The van der Waals surface area contributed by atoms with Crippen LogP contribution in [0.2, 0.25) is 0 Å². The Bertz CT molecular complexity index is 643. The lowest BCUT2D eigenvalue weighted by Crippen LogP contribution is -2.39. The van der Waals surface area contributed by atoms with Gasteiger partial charge in [0, 0.05) is 12.6 Å². The van der Waals surface area contributed by atoms with E-state index in [0.29, 0.717) is 24.2 Å². The van der Waals surface area contributed by atoms with E-state index < -0.39 is 10.0 Å². The monoisotopic (exact) mass is 324 g/mol. The van der Waals surface area contributed by atoms with Crippen molar-refractivity contribution in [2.45, 2.75) is 32.9 Å². The van der Waals surface area contributed by atoms with Crippen LogP contribution in [0.15, 0.2) is 29.3 Å². The smallest absolute Gasteiger partial charge is 0.229 e. The molecule has 22 heavy (non-hydrogen) atoms. The summed E-state index contributed by atoms with van der Waals surface area (Å²) in [7, 11) is -3.29. The van der Waals surface area contributed by atoms with E-state index in [9.17, 15) is 8.42 Å². The van der Waals surface area contributed by atoms with Crippen molar-refractivity contribution < 1.29 is 8.42 Å². The fourth-order valence-corrected chi connectivity index (χ4v) is 2.74. The van der Waals surface area contributed by atoms with Crippen molar-refractivity contribution in [1.82, 2.24) is 10.6 Å². The molecule has 1 fully saturated rings. The highest BCUT2D eigenvalue weighted by Crippen LogP contribution is 2.28. The second-order valence-electron chi connectivity index (χ2n) is 5.69. The molecule has 2 atom stereocenters. The maximum atomic E-state index is 11.4. The Balaban J connectivity index is 2.09. The van der Waals surface area contributed by atoms with E-state index in [-0.39, 0.29) is 0 Å². The molecule has 122 valence electrons. The number of hydrogen-bond donors (Lipinski definition) is 3. The van der Waals surface area contributed by atoms with Crippen LogP contribution in [0.3, 0.4) is 0 Å². The molecular weight excluding hydrogens is 300 g/mol. The quantitative estimate of drug-likeness (QED) is 0.547. The Labute approximate surface area is 132 Å². The first kappa shape index (κ1) is 16.6. The number of rotatable bonds is 6. The molecule has 0 amide bonds. The van der Waals surface area contributed by atoms with E-state index in [2.05, 4.69) is 27.3 Å². The minimum Gasteiger partial charge on any atom is -0.357 e. The van der Waals surface area contributed by atoms with Crippen molar-refractivity contribution in [3.8, 4) is 0 Å². The summed E-state index contributed by atoms with van der Waals surface area (Å²) in [5, 5.41) is 6.59. The fourth-order valence-electron chi connectivity index (χ4n) is 2.14. The van der Waals surface area contributed by atoms with Crippen LogP contribution < -0.4 is 15.4 Å². The number of guanidine groups is 1. The third kappa shape index (κ3) is 5.22. The molecule has 0 spiro atoms. The van der Waals surface area contributed by atoms with Crippen molar-refractivity contribution >= 4 is 21.7 Å². The number of nitrogens with zero attached hydrogens (tertiary/aromatic N) is 1. The normalized spacial score (nSPS) is 21.3. The predicted octanol–water partition coefficient (Wildman–Crippen LogP) is 1.52. The van der Waals surface area contributed by atoms with Gasteiger partial charge in [-0.25, -0.2) is 13.4 Å². The highest BCUT2D eigenvalue weighted by atomic mass is 32.2. The molecule has 6 nitrogen and oxygen atoms in total. The summed E-state index contributed by atoms with van der Waals surface area (Å²) in [6.45, 7) is 5.42. The minimum absolute atomic E-state index is 0.412. The third-order valence-electron chi connectivity index (χ3n) is 3.50. The highest BCUT2D eigenvalue weighted by Gasteiger charge is 2.33. The Kier molecular flexibility index (Phi) is 5.28. The molecule has 0 aliphatic heterocycles. The van der Waals surface area contributed by atoms with Gasteiger partial charge in [0.2, 0.25) is 10.0 Å². The van der Waals surface area contributed by atoms with Gasteiger partial charge in [0.15, 0.2) is 5.96 Å². The van der Waals surface area contributed by atoms with Gasteiger partial charge in [0.1, 0.15) is 0 Å². The largest absolute Gasteiger partial charge is 0.357 e. The second-order valence-corrected chi connectivity index (χ2v) is 7.44. The molecule has 1 aliphatic carbocycles. The van der Waals surface area contributed by atoms with Gasteiger partial charge in [-0.2, -0.15) is 0 Å². The molecule has 1 aromatic rings. The molecule has 1 aromatic carbocycles. The lowest BCUT2D eigenvalue weighted by molar-refractivity contribution is 0.606. The van der Waals surface area contributed by atoms with Crippen molar-refractivity contribution in [2.75, 3.05) is 17.5 Å². The van der Waals surface area contributed by atoms with E-state index in [1.807, 2.05) is 19.1 Å². The van der Waals surface area contributed by atoms with E-state index >= 15 is 0 Å². The van der Waals surface area contributed by atoms with Gasteiger partial charge in [-0.15, -0.1) is 0 Å². The Morgan fingerprint density at radius 3 is 2.64 bits per heavy atom. The lowest BCUT2D eigenvalue weighted by Gasteiger charge is -2.12. The number of anilines is 1. The molecule has 3 N–H and O–H groups in total. The molecule has 1 saturated carbocycles. The Hall–Kier alpha value is -1.76. The number of nitrogens with one attached hydrogen (secondary N) is 3. The van der Waals surface area contributed by atoms with E-state index in [1.54, 1.807) is 12.1 Å². The predicted molar refractivity (Wildman–Crippen MR) is 90.4 cm³/mol. The molecule has 0 aromatic heterocycles. The summed E-state index contributed by atoms with van der Waals surface area (Å²) in [6.07, 6.45) is 2.31. The molecule has 2 rings (SSSR count). The van der Waals surface area contributed by atoms with Gasteiger partial charge in [0.25, 0.3) is 0 Å². The summed E-state index contributed by atoms with van der Waals surface area (Å²) in [4.78, 5) is 4.55. The van der Waals surface area contributed by atoms with Crippen molar-refractivity contribution in [2.24, 2.45) is 10.9 Å². The first-order chi connectivity index (χ1) is 10.4. The Morgan fingerprint density at radius 1 is 1.36 bits per heavy atom. The van der Waals surface area contributed by atoms with Crippen LogP contribution in [0.25, 0.3) is 0 Å². The fraction of sp³-hybridized carbons (Fsp3) is 0.533. The number of para-hydroxylation sites is 1. The zero-order valence-electron chi connectivity index (χ0n) is 13.3. The molecule has 0 bridgehead atoms. The van der Waals surface area contributed by atoms with Gasteiger partial charge >= 0.3 is 0 Å². The summed E-state index contributed by atoms with van der Waals surface area (Å²) in [6, 6.07) is 7.79. The summed E-state index contributed by atoms with van der Waals surface area (Å²) < 4.78 is 25.4. The zero-order chi connectivity index (χ0) is 16.2. The van der Waals surface area contributed by atoms with Crippen LogP contribution in [0.1, 0.15) is 25.8 Å². The number of sulfonamides is 1. The lowest BCUT2D eigenvalue weighted by atomic mass is 10.2. The van der Waals surface area contributed by atoms with Gasteiger partial charge < -0.3 is 10.6 Å². The first-order valence-corrected chi connectivity index (χ1v) is 9.38. The minimum atomic E-state index is -3.29. The molecule has 0 saturated heterocycles. The van der Waals surface area contributed by atoms with Crippen LogP contribution in [0.4, 0.5) is 5.69 Å². The SMILES string of the molecule is CCNC(=NCc1ccccc1NS(C)(=O)=O)NC1CC1C. The zero-order valence-corrected chi connectivity index (χ0v) is 14.1. The van der Waals surface area contributed by atoms with Crippen LogP contribution >= 0.6 is 0 Å². The summed E-state index contributed by atoms with van der Waals surface area (Å²) in [5.74, 6) is 1.45. The number of aliphatic imine (C=N–C) groups is 1.